The van der Waals surface area contributed by atoms with E-state index < -0.39 is 10.8 Å². The highest BCUT2D eigenvalue weighted by molar-refractivity contribution is 7.98. The van der Waals surface area contributed by atoms with Crippen molar-refractivity contribution in [2.45, 2.75) is 17.8 Å². The van der Waals surface area contributed by atoms with Gasteiger partial charge in [-0.15, -0.1) is 10.2 Å². The van der Waals surface area contributed by atoms with Gasteiger partial charge in [0, 0.05) is 33.5 Å². The molecule has 3 aromatic carbocycles. The van der Waals surface area contributed by atoms with E-state index in [2.05, 4.69) is 10.2 Å². The molecule has 0 atom stereocenters. The maximum atomic E-state index is 11.6. The first-order valence-corrected chi connectivity index (χ1v) is 11.2. The van der Waals surface area contributed by atoms with Crippen LogP contribution in [0.25, 0.3) is 17.1 Å². The largest absolute Gasteiger partial charge is 0.366 e. The van der Waals surface area contributed by atoms with Gasteiger partial charge in [-0.1, -0.05) is 47.6 Å². The number of nitrogens with zero attached hydrogens (tertiary/aromatic N) is 4. The SMILES string of the molecule is Cc1ccccc1-n1c(SCc2ccc(C(N)=O)cc2[N+](=O)[O-])nnc1-c1ccc(Cl)cc1. The van der Waals surface area contributed by atoms with E-state index in [1.807, 2.05) is 47.9 Å². The molecule has 0 saturated carbocycles. The van der Waals surface area contributed by atoms with Crippen LogP contribution in [0.2, 0.25) is 5.02 Å². The number of hydrogen-bond acceptors (Lipinski definition) is 6. The first kappa shape index (κ1) is 22.5. The highest BCUT2D eigenvalue weighted by Crippen LogP contribution is 2.33. The Balaban J connectivity index is 1.75. The summed E-state index contributed by atoms with van der Waals surface area (Å²) in [4.78, 5) is 22.5. The van der Waals surface area contributed by atoms with Gasteiger partial charge in [0.1, 0.15) is 0 Å². The molecular weight excluding hydrogens is 462 g/mol. The van der Waals surface area contributed by atoms with Crippen LogP contribution in [0.4, 0.5) is 5.69 Å². The molecule has 8 nitrogen and oxygen atoms in total. The summed E-state index contributed by atoms with van der Waals surface area (Å²) in [6.07, 6.45) is 0. The molecule has 0 saturated heterocycles. The lowest BCUT2D eigenvalue weighted by Crippen LogP contribution is -2.11. The third-order valence-corrected chi connectivity index (χ3v) is 6.25. The van der Waals surface area contributed by atoms with Crippen molar-refractivity contribution in [3.8, 4) is 17.1 Å². The van der Waals surface area contributed by atoms with Crippen molar-refractivity contribution < 1.29 is 9.72 Å². The number of aromatic nitrogens is 3. The Hall–Kier alpha value is -3.69. The minimum Gasteiger partial charge on any atom is -0.366 e. The van der Waals surface area contributed by atoms with Gasteiger partial charge in [0.25, 0.3) is 5.69 Å². The summed E-state index contributed by atoms with van der Waals surface area (Å²) in [5, 5.41) is 21.5. The molecule has 0 fully saturated rings. The Morgan fingerprint density at radius 1 is 1.12 bits per heavy atom. The van der Waals surface area contributed by atoms with Crippen molar-refractivity contribution in [1.29, 1.82) is 0 Å². The first-order valence-electron chi connectivity index (χ1n) is 9.82. The van der Waals surface area contributed by atoms with Gasteiger partial charge in [-0.25, -0.2) is 0 Å². The van der Waals surface area contributed by atoms with Crippen molar-refractivity contribution in [1.82, 2.24) is 14.8 Å². The number of thioether (sulfide) groups is 1. The molecule has 10 heteroatoms. The lowest BCUT2D eigenvalue weighted by molar-refractivity contribution is -0.385. The van der Waals surface area contributed by atoms with Crippen LogP contribution in [-0.2, 0) is 5.75 Å². The number of carbonyl (C=O) groups is 1. The summed E-state index contributed by atoms with van der Waals surface area (Å²) >= 11 is 7.35. The smallest absolute Gasteiger partial charge is 0.274 e. The highest BCUT2D eigenvalue weighted by Gasteiger charge is 2.21. The van der Waals surface area contributed by atoms with Gasteiger partial charge in [0.2, 0.25) is 5.91 Å². The van der Waals surface area contributed by atoms with Gasteiger partial charge in [0.05, 0.1) is 10.6 Å². The number of hydrogen-bond donors (Lipinski definition) is 1. The number of nitro benzene ring substituents is 1. The van der Waals surface area contributed by atoms with E-state index in [1.54, 1.807) is 18.2 Å². The zero-order chi connectivity index (χ0) is 23.5. The van der Waals surface area contributed by atoms with Gasteiger partial charge < -0.3 is 5.73 Å². The minimum absolute atomic E-state index is 0.0866. The molecule has 33 heavy (non-hydrogen) atoms. The van der Waals surface area contributed by atoms with Crippen LogP contribution in [-0.4, -0.2) is 25.6 Å². The average Bonchev–Trinajstić information content (AvgIpc) is 3.22. The third-order valence-electron chi connectivity index (χ3n) is 5.02. The highest BCUT2D eigenvalue weighted by atomic mass is 35.5. The Kier molecular flexibility index (Phi) is 6.43. The molecule has 4 aromatic rings. The number of nitro groups is 1. The van der Waals surface area contributed by atoms with E-state index in [0.717, 1.165) is 16.8 Å². The second-order valence-electron chi connectivity index (χ2n) is 7.19. The second kappa shape index (κ2) is 9.43. The Morgan fingerprint density at radius 2 is 1.85 bits per heavy atom. The van der Waals surface area contributed by atoms with Crippen LogP contribution in [0.15, 0.2) is 71.9 Å². The van der Waals surface area contributed by atoms with Gasteiger partial charge in [-0.2, -0.15) is 0 Å². The number of rotatable bonds is 7. The molecule has 0 aliphatic rings. The Bertz CT molecular complexity index is 1350. The molecule has 1 aromatic heterocycles. The summed E-state index contributed by atoms with van der Waals surface area (Å²) in [6.45, 7) is 1.99. The number of nitrogens with two attached hydrogens (primary N) is 1. The van der Waals surface area contributed by atoms with Gasteiger partial charge in [0.15, 0.2) is 11.0 Å². The minimum atomic E-state index is -0.718. The lowest BCUT2D eigenvalue weighted by Gasteiger charge is -2.13. The van der Waals surface area contributed by atoms with E-state index in [4.69, 9.17) is 17.3 Å². The van der Waals surface area contributed by atoms with Gasteiger partial charge in [-0.3, -0.25) is 19.5 Å². The summed E-state index contributed by atoms with van der Waals surface area (Å²) in [7, 11) is 0. The van der Waals surface area contributed by atoms with Crippen LogP contribution >= 0.6 is 23.4 Å². The number of aryl methyl sites for hydroxylation is 1. The quantitative estimate of drug-likeness (QED) is 0.221. The summed E-state index contributed by atoms with van der Waals surface area (Å²) in [5.74, 6) is 0.159. The molecule has 166 valence electrons. The summed E-state index contributed by atoms with van der Waals surface area (Å²) in [5.41, 5.74) is 8.38. The maximum absolute atomic E-state index is 11.6. The molecule has 2 N–H and O–H groups in total. The molecule has 1 amide bonds. The van der Waals surface area contributed by atoms with Crippen LogP contribution < -0.4 is 5.73 Å². The van der Waals surface area contributed by atoms with Crippen LogP contribution in [0.3, 0.4) is 0 Å². The van der Waals surface area contributed by atoms with Crippen molar-refractivity contribution >= 4 is 35.0 Å². The van der Waals surface area contributed by atoms with Crippen molar-refractivity contribution in [3.05, 3.63) is 98.6 Å². The van der Waals surface area contributed by atoms with E-state index in [0.29, 0.717) is 21.6 Å². The van der Waals surface area contributed by atoms with Gasteiger partial charge >= 0.3 is 0 Å². The molecule has 4 rings (SSSR count). The fourth-order valence-electron chi connectivity index (χ4n) is 3.33. The maximum Gasteiger partial charge on any atom is 0.274 e. The van der Waals surface area contributed by atoms with Gasteiger partial charge in [-0.05, 0) is 48.9 Å². The molecule has 1 heterocycles. The van der Waals surface area contributed by atoms with E-state index in [9.17, 15) is 14.9 Å². The fourth-order valence-corrected chi connectivity index (χ4v) is 4.40. The zero-order valence-corrected chi connectivity index (χ0v) is 19.0. The molecule has 0 unspecified atom stereocenters. The average molecular weight is 480 g/mol. The van der Waals surface area contributed by atoms with Crippen molar-refractivity contribution in [2.24, 2.45) is 5.73 Å². The molecule has 0 bridgehead atoms. The predicted molar refractivity (Wildman–Crippen MR) is 128 cm³/mol. The van der Waals surface area contributed by atoms with Crippen molar-refractivity contribution in [2.75, 3.05) is 0 Å². The summed E-state index contributed by atoms with van der Waals surface area (Å²) < 4.78 is 1.92. The van der Waals surface area contributed by atoms with Crippen molar-refractivity contribution in [3.63, 3.8) is 0 Å². The fraction of sp³-hybridized carbons (Fsp3) is 0.0870. The zero-order valence-electron chi connectivity index (χ0n) is 17.4. The van der Waals surface area contributed by atoms with E-state index >= 15 is 0 Å². The molecular formula is C23H18ClN5O3S. The van der Waals surface area contributed by atoms with E-state index in [1.165, 1.54) is 23.9 Å². The van der Waals surface area contributed by atoms with Crippen LogP contribution in [0.5, 0.6) is 0 Å². The molecule has 0 aliphatic heterocycles. The number of halogens is 1. The van der Waals surface area contributed by atoms with Crippen LogP contribution in [0, 0.1) is 17.0 Å². The number of para-hydroxylation sites is 1. The Morgan fingerprint density at radius 3 is 2.52 bits per heavy atom. The topological polar surface area (TPSA) is 117 Å². The normalized spacial score (nSPS) is 10.8. The second-order valence-corrected chi connectivity index (χ2v) is 8.57. The number of benzene rings is 3. The number of amides is 1. The number of primary amides is 1. The molecule has 0 spiro atoms. The van der Waals surface area contributed by atoms with Crippen LogP contribution in [0.1, 0.15) is 21.5 Å². The molecule has 0 radical (unpaired) electrons. The number of carbonyl (C=O) groups excluding carboxylic acids is 1. The molecule has 0 aliphatic carbocycles. The standard InChI is InChI=1S/C23H18ClN5O3S/c1-14-4-2-3-5-19(14)28-22(15-8-10-18(24)11-9-15)26-27-23(28)33-13-17-7-6-16(21(25)30)12-20(17)29(31)32/h2-12H,13H2,1H3,(H2,25,30). The summed E-state index contributed by atoms with van der Waals surface area (Å²) in [6, 6.07) is 19.3. The third kappa shape index (κ3) is 4.74. The Labute approximate surface area is 198 Å². The predicted octanol–water partition coefficient (Wildman–Crippen LogP) is 5.20. The lowest BCUT2D eigenvalue weighted by atomic mass is 10.1. The first-order chi connectivity index (χ1) is 15.8. The monoisotopic (exact) mass is 479 g/mol. The van der Waals surface area contributed by atoms with E-state index in [-0.39, 0.29) is 17.0 Å².